The molecule has 0 radical (unpaired) electrons. The van der Waals surface area contributed by atoms with Gasteiger partial charge in [0.1, 0.15) is 5.75 Å². The van der Waals surface area contributed by atoms with E-state index in [4.69, 9.17) is 4.74 Å². The van der Waals surface area contributed by atoms with Crippen molar-refractivity contribution in [3.63, 3.8) is 0 Å². The number of hydrogen-bond donors (Lipinski definition) is 1. The lowest BCUT2D eigenvalue weighted by Gasteiger charge is -2.17. The summed E-state index contributed by atoms with van der Waals surface area (Å²) >= 11 is 1.41. The van der Waals surface area contributed by atoms with Crippen LogP contribution >= 0.6 is 11.3 Å². The molecule has 0 saturated heterocycles. The molecule has 25 heavy (non-hydrogen) atoms. The number of ether oxygens (including phenoxy) is 1. The highest BCUT2D eigenvalue weighted by molar-refractivity contribution is 7.12. The van der Waals surface area contributed by atoms with Crippen LogP contribution in [0.15, 0.2) is 41.8 Å². The molecule has 0 spiro atoms. The van der Waals surface area contributed by atoms with Crippen LogP contribution in [-0.4, -0.2) is 36.9 Å². The fraction of sp³-hybridized carbons (Fsp3) is 0.368. The van der Waals surface area contributed by atoms with Gasteiger partial charge in [-0.05, 0) is 42.5 Å². The summed E-state index contributed by atoms with van der Waals surface area (Å²) in [5.74, 6) is 0.825. The summed E-state index contributed by atoms with van der Waals surface area (Å²) in [6.07, 6.45) is 1.04. The third kappa shape index (κ3) is 6.23. The van der Waals surface area contributed by atoms with E-state index in [-0.39, 0.29) is 11.8 Å². The standard InChI is InChI=1S/C19H24N2O3S/c1-3-24-16-10-8-15(9-11-16)14-21(2)18(22)7-4-12-20-19(23)17-6-5-13-25-17/h5-6,8-11,13H,3-4,7,12,14H2,1-2H3,(H,20,23). The van der Waals surface area contributed by atoms with Crippen LogP contribution in [0.3, 0.4) is 0 Å². The highest BCUT2D eigenvalue weighted by atomic mass is 32.1. The van der Waals surface area contributed by atoms with Crippen LogP contribution in [0.1, 0.15) is 35.0 Å². The lowest BCUT2D eigenvalue weighted by Crippen LogP contribution is -2.28. The van der Waals surface area contributed by atoms with Crippen LogP contribution in [0.4, 0.5) is 0 Å². The maximum Gasteiger partial charge on any atom is 0.261 e. The molecule has 1 aromatic carbocycles. The van der Waals surface area contributed by atoms with E-state index >= 15 is 0 Å². The average Bonchev–Trinajstić information content (AvgIpc) is 3.15. The first-order valence-electron chi connectivity index (χ1n) is 8.37. The predicted molar refractivity (Wildman–Crippen MR) is 100.0 cm³/mol. The Balaban J connectivity index is 1.68. The van der Waals surface area contributed by atoms with Gasteiger partial charge in [0.15, 0.2) is 0 Å². The largest absolute Gasteiger partial charge is 0.494 e. The van der Waals surface area contributed by atoms with Crippen LogP contribution < -0.4 is 10.1 Å². The van der Waals surface area contributed by atoms with E-state index in [2.05, 4.69) is 5.32 Å². The van der Waals surface area contributed by atoms with E-state index in [1.165, 1.54) is 11.3 Å². The highest BCUT2D eigenvalue weighted by Crippen LogP contribution is 2.13. The van der Waals surface area contributed by atoms with Gasteiger partial charge >= 0.3 is 0 Å². The molecule has 5 nitrogen and oxygen atoms in total. The van der Waals surface area contributed by atoms with Crippen LogP contribution in [-0.2, 0) is 11.3 Å². The van der Waals surface area contributed by atoms with Crippen molar-refractivity contribution >= 4 is 23.2 Å². The normalized spacial score (nSPS) is 10.3. The Labute approximate surface area is 152 Å². The number of nitrogens with zero attached hydrogens (tertiary/aromatic N) is 1. The van der Waals surface area contributed by atoms with Crippen LogP contribution in [0, 0.1) is 0 Å². The second kappa shape index (κ2) is 9.84. The minimum absolute atomic E-state index is 0.0688. The summed E-state index contributed by atoms with van der Waals surface area (Å²) < 4.78 is 5.41. The molecule has 1 heterocycles. The van der Waals surface area contributed by atoms with Crippen molar-refractivity contribution in [1.82, 2.24) is 10.2 Å². The minimum Gasteiger partial charge on any atom is -0.494 e. The Morgan fingerprint density at radius 1 is 1.20 bits per heavy atom. The lowest BCUT2D eigenvalue weighted by atomic mass is 10.2. The first-order valence-corrected chi connectivity index (χ1v) is 9.25. The minimum atomic E-state index is -0.0785. The van der Waals surface area contributed by atoms with E-state index in [0.29, 0.717) is 37.4 Å². The molecule has 1 aromatic heterocycles. The third-order valence-electron chi connectivity index (χ3n) is 3.68. The van der Waals surface area contributed by atoms with Crippen molar-refractivity contribution in [2.75, 3.05) is 20.2 Å². The number of hydrogen-bond acceptors (Lipinski definition) is 4. The Morgan fingerprint density at radius 2 is 1.96 bits per heavy atom. The van der Waals surface area contributed by atoms with Gasteiger partial charge in [0.25, 0.3) is 5.91 Å². The monoisotopic (exact) mass is 360 g/mol. The number of rotatable bonds is 9. The van der Waals surface area contributed by atoms with Crippen molar-refractivity contribution in [3.05, 3.63) is 52.2 Å². The predicted octanol–water partition coefficient (Wildman–Crippen LogP) is 3.32. The maximum atomic E-state index is 12.2. The average molecular weight is 360 g/mol. The Bertz CT molecular complexity index is 668. The van der Waals surface area contributed by atoms with Gasteiger partial charge in [-0.1, -0.05) is 18.2 Å². The molecule has 0 unspecified atom stereocenters. The number of carbonyl (C=O) groups excluding carboxylic acids is 2. The van der Waals surface area contributed by atoms with Crippen molar-refractivity contribution in [2.24, 2.45) is 0 Å². The van der Waals surface area contributed by atoms with E-state index in [1.807, 2.05) is 42.6 Å². The molecule has 134 valence electrons. The third-order valence-corrected chi connectivity index (χ3v) is 4.55. The molecule has 0 aliphatic heterocycles. The van der Waals surface area contributed by atoms with Gasteiger partial charge in [0.2, 0.25) is 5.91 Å². The fourth-order valence-corrected chi connectivity index (χ4v) is 2.99. The SMILES string of the molecule is CCOc1ccc(CN(C)C(=O)CCCNC(=O)c2cccs2)cc1. The van der Waals surface area contributed by atoms with Gasteiger partial charge in [-0.3, -0.25) is 9.59 Å². The molecule has 2 amide bonds. The molecule has 2 rings (SSSR count). The molecule has 0 bridgehead atoms. The van der Waals surface area contributed by atoms with E-state index in [0.717, 1.165) is 11.3 Å². The van der Waals surface area contributed by atoms with E-state index < -0.39 is 0 Å². The number of nitrogens with one attached hydrogen (secondary N) is 1. The molecule has 2 aromatic rings. The van der Waals surface area contributed by atoms with Crippen molar-refractivity contribution < 1.29 is 14.3 Å². The number of benzene rings is 1. The Kier molecular flexibility index (Phi) is 7.47. The zero-order valence-electron chi connectivity index (χ0n) is 14.7. The summed E-state index contributed by atoms with van der Waals surface area (Å²) in [6.45, 7) is 3.65. The van der Waals surface area contributed by atoms with Crippen molar-refractivity contribution in [1.29, 1.82) is 0 Å². The molecule has 1 N–H and O–H groups in total. The molecular formula is C19H24N2O3S. The first kappa shape index (κ1) is 19.0. The quantitative estimate of drug-likeness (QED) is 0.698. The van der Waals surface area contributed by atoms with Crippen molar-refractivity contribution in [3.8, 4) is 5.75 Å². The van der Waals surface area contributed by atoms with Gasteiger partial charge < -0.3 is 15.0 Å². The molecule has 0 aliphatic rings. The molecule has 0 saturated carbocycles. The maximum absolute atomic E-state index is 12.2. The Hall–Kier alpha value is -2.34. The summed E-state index contributed by atoms with van der Waals surface area (Å²) in [6, 6.07) is 11.4. The lowest BCUT2D eigenvalue weighted by molar-refractivity contribution is -0.130. The van der Waals surface area contributed by atoms with Gasteiger partial charge in [-0.2, -0.15) is 0 Å². The van der Waals surface area contributed by atoms with Gasteiger partial charge in [0, 0.05) is 26.6 Å². The molecule has 0 aliphatic carbocycles. The smallest absolute Gasteiger partial charge is 0.261 e. The Morgan fingerprint density at radius 3 is 2.60 bits per heavy atom. The zero-order chi connectivity index (χ0) is 18.1. The topological polar surface area (TPSA) is 58.6 Å². The zero-order valence-corrected chi connectivity index (χ0v) is 15.5. The summed E-state index contributed by atoms with van der Waals surface area (Å²) in [4.78, 5) is 26.4. The van der Waals surface area contributed by atoms with Gasteiger partial charge in [0.05, 0.1) is 11.5 Å². The van der Waals surface area contributed by atoms with Crippen LogP contribution in [0.5, 0.6) is 5.75 Å². The second-order valence-electron chi connectivity index (χ2n) is 5.66. The second-order valence-corrected chi connectivity index (χ2v) is 6.61. The van der Waals surface area contributed by atoms with Crippen LogP contribution in [0.25, 0.3) is 0 Å². The van der Waals surface area contributed by atoms with Gasteiger partial charge in [-0.25, -0.2) is 0 Å². The highest BCUT2D eigenvalue weighted by Gasteiger charge is 2.10. The molecule has 0 atom stereocenters. The van der Waals surface area contributed by atoms with Crippen molar-refractivity contribution in [2.45, 2.75) is 26.3 Å². The number of thiophene rings is 1. The first-order chi connectivity index (χ1) is 12.1. The number of carbonyl (C=O) groups is 2. The summed E-state index contributed by atoms with van der Waals surface area (Å²) in [5.41, 5.74) is 1.06. The molecule has 0 fully saturated rings. The molecular weight excluding hydrogens is 336 g/mol. The summed E-state index contributed by atoms with van der Waals surface area (Å²) in [7, 11) is 1.79. The summed E-state index contributed by atoms with van der Waals surface area (Å²) in [5, 5.41) is 4.70. The van der Waals surface area contributed by atoms with E-state index in [1.54, 1.807) is 18.0 Å². The van der Waals surface area contributed by atoms with Gasteiger partial charge in [-0.15, -0.1) is 11.3 Å². The van der Waals surface area contributed by atoms with E-state index in [9.17, 15) is 9.59 Å². The fourth-order valence-electron chi connectivity index (χ4n) is 2.35. The number of amides is 2. The van der Waals surface area contributed by atoms with Crippen LogP contribution in [0.2, 0.25) is 0 Å². The molecule has 6 heteroatoms.